The fraction of sp³-hybridized carbons (Fsp3) is 0.632. The number of amides is 1. The van der Waals surface area contributed by atoms with Crippen LogP contribution in [0.5, 0.6) is 0 Å². The Kier molecular flexibility index (Phi) is 5.44. The maximum atomic E-state index is 12.1. The number of hydrogen-bond donors (Lipinski definition) is 0. The third kappa shape index (κ3) is 4.09. The lowest BCUT2D eigenvalue weighted by atomic mass is 9.74. The Hall–Kier alpha value is -1.31. The molecule has 1 atom stereocenters. The molecule has 1 aliphatic heterocycles. The minimum atomic E-state index is 0.343. The van der Waals surface area contributed by atoms with Gasteiger partial charge in [-0.1, -0.05) is 58.0 Å². The summed E-state index contributed by atoms with van der Waals surface area (Å²) in [5, 5.41) is 0. The summed E-state index contributed by atoms with van der Waals surface area (Å²) < 4.78 is 0. The summed E-state index contributed by atoms with van der Waals surface area (Å²) in [5.74, 6) is 2.76. The first kappa shape index (κ1) is 16.1. The molecule has 1 aromatic carbocycles. The van der Waals surface area contributed by atoms with Crippen LogP contribution in [-0.4, -0.2) is 23.9 Å². The normalized spacial score (nSPS) is 17.1. The molecule has 21 heavy (non-hydrogen) atoms. The van der Waals surface area contributed by atoms with Gasteiger partial charge in [-0.05, 0) is 29.7 Å². The smallest absolute Gasteiger partial charge is 0.222 e. The van der Waals surface area contributed by atoms with E-state index < -0.39 is 0 Å². The van der Waals surface area contributed by atoms with E-state index >= 15 is 0 Å². The van der Waals surface area contributed by atoms with E-state index in [0.717, 1.165) is 19.5 Å². The lowest BCUT2D eigenvalue weighted by Gasteiger charge is -2.45. The van der Waals surface area contributed by atoms with E-state index in [4.69, 9.17) is 0 Å². The summed E-state index contributed by atoms with van der Waals surface area (Å²) in [6.45, 7) is 10.8. The third-order valence-corrected chi connectivity index (χ3v) is 4.61. The van der Waals surface area contributed by atoms with Crippen molar-refractivity contribution in [2.24, 2.45) is 17.8 Å². The fourth-order valence-electron chi connectivity index (χ4n) is 3.39. The van der Waals surface area contributed by atoms with E-state index in [9.17, 15) is 4.79 Å². The van der Waals surface area contributed by atoms with E-state index in [1.54, 1.807) is 0 Å². The van der Waals surface area contributed by atoms with Gasteiger partial charge in [0.2, 0.25) is 5.91 Å². The van der Waals surface area contributed by atoms with E-state index in [-0.39, 0.29) is 0 Å². The Morgan fingerprint density at radius 2 is 1.76 bits per heavy atom. The van der Waals surface area contributed by atoms with Crippen LogP contribution in [0.4, 0.5) is 0 Å². The molecule has 1 fully saturated rings. The Bertz CT molecular complexity index is 446. The first-order chi connectivity index (χ1) is 9.99. The zero-order chi connectivity index (χ0) is 15.4. The monoisotopic (exact) mass is 287 g/mol. The largest absolute Gasteiger partial charge is 0.342 e. The maximum Gasteiger partial charge on any atom is 0.222 e. The predicted molar refractivity (Wildman–Crippen MR) is 88.2 cm³/mol. The molecule has 0 unspecified atom stereocenters. The van der Waals surface area contributed by atoms with Crippen LogP contribution in [0.25, 0.3) is 0 Å². The van der Waals surface area contributed by atoms with Gasteiger partial charge in [0.05, 0.1) is 0 Å². The Morgan fingerprint density at radius 3 is 2.29 bits per heavy atom. The molecule has 2 heteroatoms. The van der Waals surface area contributed by atoms with Crippen LogP contribution in [0.15, 0.2) is 30.3 Å². The number of benzene rings is 1. The first-order valence-corrected chi connectivity index (χ1v) is 8.31. The van der Waals surface area contributed by atoms with Gasteiger partial charge in [0, 0.05) is 25.4 Å². The van der Waals surface area contributed by atoms with Crippen LogP contribution in [0.1, 0.15) is 52.0 Å². The molecule has 2 nitrogen and oxygen atoms in total. The maximum absolute atomic E-state index is 12.1. The minimum absolute atomic E-state index is 0.343. The third-order valence-electron chi connectivity index (χ3n) is 4.61. The second-order valence-corrected chi connectivity index (χ2v) is 7.17. The van der Waals surface area contributed by atoms with E-state index in [2.05, 4.69) is 58.0 Å². The van der Waals surface area contributed by atoms with Crippen molar-refractivity contribution in [3.8, 4) is 0 Å². The van der Waals surface area contributed by atoms with Gasteiger partial charge in [-0.2, -0.15) is 0 Å². The second-order valence-electron chi connectivity index (χ2n) is 7.17. The second kappa shape index (κ2) is 7.11. The average Bonchev–Trinajstić information content (AvgIpc) is 2.40. The Labute approximate surface area is 129 Å². The molecular formula is C19H29NO. The van der Waals surface area contributed by atoms with Gasteiger partial charge >= 0.3 is 0 Å². The van der Waals surface area contributed by atoms with Gasteiger partial charge in [-0.15, -0.1) is 0 Å². The standard InChI is InChI=1S/C19H29NO/c1-14(2)10-11-18(21)20-12-17(13-20)19(15(3)4)16-8-6-5-7-9-16/h5-9,14-15,17,19H,10-13H2,1-4H3/t19-/m1/s1. The van der Waals surface area contributed by atoms with Crippen LogP contribution in [0.2, 0.25) is 0 Å². The van der Waals surface area contributed by atoms with Gasteiger partial charge in [-0.3, -0.25) is 4.79 Å². The van der Waals surface area contributed by atoms with Gasteiger partial charge in [-0.25, -0.2) is 0 Å². The van der Waals surface area contributed by atoms with Gasteiger partial charge in [0.15, 0.2) is 0 Å². The molecule has 1 aliphatic rings. The fourth-order valence-corrected chi connectivity index (χ4v) is 3.39. The summed E-state index contributed by atoms with van der Waals surface area (Å²) in [4.78, 5) is 14.2. The molecule has 0 radical (unpaired) electrons. The van der Waals surface area contributed by atoms with E-state index in [0.29, 0.717) is 36.0 Å². The summed E-state index contributed by atoms with van der Waals surface area (Å²) >= 11 is 0. The van der Waals surface area contributed by atoms with Crippen molar-refractivity contribution < 1.29 is 4.79 Å². The topological polar surface area (TPSA) is 20.3 Å². The first-order valence-electron chi connectivity index (χ1n) is 8.31. The highest BCUT2D eigenvalue weighted by molar-refractivity contribution is 5.77. The number of likely N-dealkylation sites (tertiary alicyclic amines) is 1. The number of carbonyl (C=O) groups is 1. The molecule has 0 saturated carbocycles. The van der Waals surface area contributed by atoms with Crippen molar-refractivity contribution in [3.63, 3.8) is 0 Å². The minimum Gasteiger partial charge on any atom is -0.342 e. The summed E-state index contributed by atoms with van der Waals surface area (Å²) in [6, 6.07) is 10.8. The lowest BCUT2D eigenvalue weighted by molar-refractivity contribution is -0.138. The predicted octanol–water partition coefficient (Wildman–Crippen LogP) is 4.32. The van der Waals surface area contributed by atoms with Crippen LogP contribution >= 0.6 is 0 Å². The van der Waals surface area contributed by atoms with Gasteiger partial charge < -0.3 is 4.90 Å². The average molecular weight is 287 g/mol. The van der Waals surface area contributed by atoms with E-state index in [1.807, 2.05) is 4.90 Å². The van der Waals surface area contributed by atoms with Crippen molar-refractivity contribution >= 4 is 5.91 Å². The van der Waals surface area contributed by atoms with Crippen LogP contribution in [-0.2, 0) is 4.79 Å². The highest BCUT2D eigenvalue weighted by Crippen LogP contribution is 2.37. The lowest BCUT2D eigenvalue weighted by Crippen LogP contribution is -2.52. The molecule has 1 aromatic rings. The number of hydrogen-bond acceptors (Lipinski definition) is 1. The zero-order valence-electron chi connectivity index (χ0n) is 13.9. The quantitative estimate of drug-likeness (QED) is 0.763. The molecule has 1 saturated heterocycles. The molecule has 0 bridgehead atoms. The summed E-state index contributed by atoms with van der Waals surface area (Å²) in [7, 11) is 0. The molecule has 0 aliphatic carbocycles. The van der Waals surface area contributed by atoms with Crippen LogP contribution < -0.4 is 0 Å². The van der Waals surface area contributed by atoms with E-state index in [1.165, 1.54) is 5.56 Å². The van der Waals surface area contributed by atoms with Crippen molar-refractivity contribution in [1.82, 2.24) is 4.90 Å². The summed E-state index contributed by atoms with van der Waals surface area (Å²) in [6.07, 6.45) is 1.72. The molecular weight excluding hydrogens is 258 g/mol. The molecule has 116 valence electrons. The molecule has 0 N–H and O–H groups in total. The Morgan fingerprint density at radius 1 is 1.14 bits per heavy atom. The summed E-state index contributed by atoms with van der Waals surface area (Å²) in [5.41, 5.74) is 1.42. The Balaban J connectivity index is 1.91. The highest BCUT2D eigenvalue weighted by Gasteiger charge is 2.37. The number of carbonyl (C=O) groups excluding carboxylic acids is 1. The van der Waals surface area contributed by atoms with Gasteiger partial charge in [0.25, 0.3) is 0 Å². The van der Waals surface area contributed by atoms with Crippen molar-refractivity contribution in [2.75, 3.05) is 13.1 Å². The molecule has 1 heterocycles. The number of nitrogens with zero attached hydrogens (tertiary/aromatic N) is 1. The zero-order valence-corrected chi connectivity index (χ0v) is 13.9. The van der Waals surface area contributed by atoms with Crippen LogP contribution in [0, 0.1) is 17.8 Å². The highest BCUT2D eigenvalue weighted by atomic mass is 16.2. The molecule has 2 rings (SSSR count). The molecule has 0 spiro atoms. The van der Waals surface area contributed by atoms with Crippen molar-refractivity contribution in [1.29, 1.82) is 0 Å². The van der Waals surface area contributed by atoms with Gasteiger partial charge in [0.1, 0.15) is 0 Å². The van der Waals surface area contributed by atoms with Crippen molar-refractivity contribution in [2.45, 2.75) is 46.5 Å². The molecule has 1 amide bonds. The van der Waals surface area contributed by atoms with Crippen LogP contribution in [0.3, 0.4) is 0 Å². The molecule has 0 aromatic heterocycles. The number of rotatable bonds is 6. The van der Waals surface area contributed by atoms with Crippen molar-refractivity contribution in [3.05, 3.63) is 35.9 Å². The SMILES string of the molecule is CC(C)CCC(=O)N1CC([C@@H](c2ccccc2)C(C)C)C1.